The molecule has 1 fully saturated rings. The van der Waals surface area contributed by atoms with Gasteiger partial charge in [-0.3, -0.25) is 13.9 Å². The number of rotatable bonds is 12. The summed E-state index contributed by atoms with van der Waals surface area (Å²) in [7, 11) is 3.87. The van der Waals surface area contributed by atoms with Crippen LogP contribution in [0.5, 0.6) is 0 Å². The van der Waals surface area contributed by atoms with Gasteiger partial charge in [-0.05, 0) is 70.3 Å². The number of imidazole rings is 1. The van der Waals surface area contributed by atoms with Crippen molar-refractivity contribution >= 4 is 17.0 Å². The first-order chi connectivity index (χ1) is 17.3. The summed E-state index contributed by atoms with van der Waals surface area (Å²) < 4.78 is 9.03. The number of aryl methyl sites for hydroxylation is 1. The molecule has 1 aromatic carbocycles. The van der Waals surface area contributed by atoms with Gasteiger partial charge in [0, 0.05) is 26.6 Å². The first-order valence-electron chi connectivity index (χ1n) is 13.0. The minimum atomic E-state index is -0.941. The number of hydrogen-bond acceptors (Lipinski definition) is 6. The van der Waals surface area contributed by atoms with Gasteiger partial charge in [-0.15, -0.1) is 0 Å². The van der Waals surface area contributed by atoms with Crippen LogP contribution in [0.2, 0.25) is 0 Å². The number of benzene rings is 1. The molecule has 9 nitrogen and oxygen atoms in total. The molecule has 1 saturated heterocycles. The van der Waals surface area contributed by atoms with Gasteiger partial charge in [0.25, 0.3) is 0 Å². The van der Waals surface area contributed by atoms with E-state index in [9.17, 15) is 9.59 Å². The first-order valence-corrected chi connectivity index (χ1v) is 13.0. The molecule has 0 saturated carbocycles. The Balaban J connectivity index is 1.60. The van der Waals surface area contributed by atoms with E-state index in [-0.39, 0.29) is 24.6 Å². The molecule has 36 heavy (non-hydrogen) atoms. The van der Waals surface area contributed by atoms with Gasteiger partial charge in [-0.1, -0.05) is 24.8 Å². The maximum atomic E-state index is 12.9. The van der Waals surface area contributed by atoms with Gasteiger partial charge < -0.3 is 25.8 Å². The van der Waals surface area contributed by atoms with Crippen LogP contribution in [0.15, 0.2) is 23.0 Å². The molecule has 2 aromatic rings. The topological polar surface area (TPSA) is 115 Å². The summed E-state index contributed by atoms with van der Waals surface area (Å²) in [6.07, 6.45) is 3.92. The summed E-state index contributed by atoms with van der Waals surface area (Å²) in [5.41, 5.74) is 7.94. The summed E-state index contributed by atoms with van der Waals surface area (Å²) in [6, 6.07) is 5.52. The zero-order chi connectivity index (χ0) is 26.1. The zero-order valence-corrected chi connectivity index (χ0v) is 21.8. The first kappa shape index (κ1) is 27.9. The zero-order valence-electron chi connectivity index (χ0n) is 21.8. The van der Waals surface area contributed by atoms with Crippen LogP contribution in [0.3, 0.4) is 0 Å². The minimum absolute atomic E-state index is 0.104. The Morgan fingerprint density at radius 1 is 1.33 bits per heavy atom. The van der Waals surface area contributed by atoms with Gasteiger partial charge in [-0.25, -0.2) is 4.79 Å². The molecule has 4 N–H and O–H groups in total. The van der Waals surface area contributed by atoms with Gasteiger partial charge >= 0.3 is 11.7 Å². The Bertz CT molecular complexity index is 1120. The van der Waals surface area contributed by atoms with Crippen LogP contribution in [-0.4, -0.2) is 71.0 Å². The van der Waals surface area contributed by atoms with Crippen LogP contribution in [0.25, 0.3) is 11.0 Å². The van der Waals surface area contributed by atoms with E-state index < -0.39 is 12.1 Å². The van der Waals surface area contributed by atoms with Crippen molar-refractivity contribution in [3.63, 3.8) is 0 Å². The van der Waals surface area contributed by atoms with Crippen LogP contribution >= 0.6 is 0 Å². The molecule has 0 amide bonds. The summed E-state index contributed by atoms with van der Waals surface area (Å²) in [4.78, 5) is 26.2. The van der Waals surface area contributed by atoms with Crippen LogP contribution < -0.4 is 16.7 Å². The van der Waals surface area contributed by atoms with Crippen molar-refractivity contribution in [2.45, 2.75) is 57.7 Å². The number of piperidine rings is 1. The summed E-state index contributed by atoms with van der Waals surface area (Å²) in [5.74, 6) is 6.11. The maximum Gasteiger partial charge on any atom is 0.330 e. The third-order valence-corrected chi connectivity index (χ3v) is 7.02. The lowest BCUT2D eigenvalue weighted by atomic mass is 9.97. The number of fused-ring (bicyclic) bond motifs is 1. The Hall–Kier alpha value is -2.64. The lowest BCUT2D eigenvalue weighted by Gasteiger charge is -2.28. The second kappa shape index (κ2) is 13.6. The van der Waals surface area contributed by atoms with Crippen molar-refractivity contribution in [2.24, 2.45) is 18.7 Å². The van der Waals surface area contributed by atoms with Crippen LogP contribution in [0.1, 0.15) is 57.2 Å². The van der Waals surface area contributed by atoms with Crippen LogP contribution in [-0.2, 0) is 16.6 Å². The van der Waals surface area contributed by atoms with Crippen molar-refractivity contribution in [1.82, 2.24) is 19.4 Å². The number of aliphatic carboxylic acids is 1. The number of ether oxygens (including phenoxy) is 1. The van der Waals surface area contributed by atoms with Gasteiger partial charge in [0.1, 0.15) is 6.61 Å². The van der Waals surface area contributed by atoms with Gasteiger partial charge in [0.2, 0.25) is 0 Å². The van der Waals surface area contributed by atoms with E-state index in [1.165, 1.54) is 22.0 Å². The molecule has 2 unspecified atom stereocenters. The normalized spacial score (nSPS) is 16.1. The summed E-state index contributed by atoms with van der Waals surface area (Å²) in [5, 5.41) is 12.4. The molecule has 2 heterocycles. The van der Waals surface area contributed by atoms with E-state index in [2.05, 4.69) is 36.0 Å². The minimum Gasteiger partial charge on any atom is -0.481 e. The fourth-order valence-corrected chi connectivity index (χ4v) is 4.92. The lowest BCUT2D eigenvalue weighted by molar-refractivity contribution is -0.137. The highest BCUT2D eigenvalue weighted by atomic mass is 16.5. The Morgan fingerprint density at radius 2 is 2.08 bits per heavy atom. The number of nitrogens with two attached hydrogens (primary N) is 1. The molecule has 0 spiro atoms. The van der Waals surface area contributed by atoms with E-state index in [1.54, 1.807) is 7.05 Å². The number of carboxylic acid groups (broad SMARTS) is 1. The SMILES string of the molecule is CCC(CCN(C)CC1CCNCC1)OCC#Cc1cccc2c1n(C)c(=O)n2C(N)CCC(=O)O. The third-order valence-electron chi connectivity index (χ3n) is 7.02. The molecule has 0 radical (unpaired) electrons. The molecule has 0 aliphatic carbocycles. The predicted molar refractivity (Wildman–Crippen MR) is 142 cm³/mol. The molecule has 3 rings (SSSR count). The molecule has 0 bridgehead atoms. The molecule has 1 aromatic heterocycles. The average molecular weight is 500 g/mol. The molecule has 9 heteroatoms. The number of hydrogen-bond donors (Lipinski definition) is 3. The second-order valence-electron chi connectivity index (χ2n) is 9.77. The van der Waals surface area contributed by atoms with Crippen LogP contribution in [0, 0.1) is 17.8 Å². The van der Waals surface area contributed by atoms with E-state index in [0.29, 0.717) is 17.6 Å². The highest BCUT2D eigenvalue weighted by Crippen LogP contribution is 2.20. The molecular weight excluding hydrogens is 458 g/mol. The molecule has 1 aliphatic heterocycles. The number of aromatic nitrogens is 2. The standard InChI is InChI=1S/C27H41N5O4/c1-4-22(14-17-30(2)19-20-12-15-29-16-13-20)36-18-6-8-21-7-5-9-23-26(21)31(3)27(35)32(23)24(28)10-11-25(33)34/h5,7,9,20,22,24,29H,4,10-19,28H2,1-3H3,(H,33,34). The lowest BCUT2D eigenvalue weighted by Crippen LogP contribution is -2.35. The van der Waals surface area contributed by atoms with Gasteiger partial charge in [0.05, 0.1) is 28.9 Å². The number of nitrogens with zero attached hydrogens (tertiary/aromatic N) is 3. The fourth-order valence-electron chi connectivity index (χ4n) is 4.92. The number of nitrogens with one attached hydrogen (secondary N) is 1. The van der Waals surface area contributed by atoms with Gasteiger partial charge in [0.15, 0.2) is 0 Å². The fraction of sp³-hybridized carbons (Fsp3) is 0.630. The van der Waals surface area contributed by atoms with E-state index in [0.717, 1.165) is 50.5 Å². The Kier molecular flexibility index (Phi) is 10.6. The predicted octanol–water partition coefficient (Wildman–Crippen LogP) is 2.13. The quantitative estimate of drug-likeness (QED) is 0.383. The largest absolute Gasteiger partial charge is 0.481 e. The Morgan fingerprint density at radius 3 is 2.78 bits per heavy atom. The molecule has 198 valence electrons. The smallest absolute Gasteiger partial charge is 0.330 e. The highest BCUT2D eigenvalue weighted by molar-refractivity contribution is 5.83. The number of carboxylic acids is 1. The van der Waals surface area contributed by atoms with Crippen molar-refractivity contribution in [3.05, 3.63) is 34.2 Å². The van der Waals surface area contributed by atoms with E-state index in [4.69, 9.17) is 15.6 Å². The van der Waals surface area contributed by atoms with Crippen molar-refractivity contribution in [1.29, 1.82) is 0 Å². The van der Waals surface area contributed by atoms with E-state index in [1.807, 2.05) is 18.2 Å². The van der Waals surface area contributed by atoms with E-state index >= 15 is 0 Å². The summed E-state index contributed by atoms with van der Waals surface area (Å²) in [6.45, 7) is 6.86. The van der Waals surface area contributed by atoms with Gasteiger partial charge in [-0.2, -0.15) is 0 Å². The molecular formula is C27H41N5O4. The molecule has 2 atom stereocenters. The average Bonchev–Trinajstić information content (AvgIpc) is 3.13. The number of para-hydroxylation sites is 1. The monoisotopic (exact) mass is 499 g/mol. The summed E-state index contributed by atoms with van der Waals surface area (Å²) >= 11 is 0. The molecule has 1 aliphatic rings. The van der Waals surface area contributed by atoms with Crippen molar-refractivity contribution < 1.29 is 14.6 Å². The van der Waals surface area contributed by atoms with Crippen molar-refractivity contribution in [3.8, 4) is 11.8 Å². The number of carbonyl (C=O) groups is 1. The van der Waals surface area contributed by atoms with Crippen molar-refractivity contribution in [2.75, 3.05) is 39.8 Å². The van der Waals surface area contributed by atoms with Crippen LogP contribution in [0.4, 0.5) is 0 Å². The Labute approximate surface area is 213 Å². The maximum absolute atomic E-state index is 12.9. The second-order valence-corrected chi connectivity index (χ2v) is 9.77. The highest BCUT2D eigenvalue weighted by Gasteiger charge is 2.19. The third kappa shape index (κ3) is 7.43.